The maximum Gasteiger partial charge on any atom is 0.293 e. The number of rotatable bonds is 5. The first kappa shape index (κ1) is 9.38. The predicted octanol–water partition coefficient (Wildman–Crippen LogP) is 0.944. The molecule has 0 saturated carbocycles. The number of hydrogen-bond donors (Lipinski definition) is 1. The van der Waals surface area contributed by atoms with Crippen LogP contribution in [-0.4, -0.2) is 24.8 Å². The Morgan fingerprint density at radius 2 is 2.23 bits per heavy atom. The molecule has 0 aliphatic rings. The maximum atomic E-state index is 9.75. The lowest BCUT2D eigenvalue weighted by atomic mass is 10.3. The smallest absolute Gasteiger partial charge is 0.293 e. The summed E-state index contributed by atoms with van der Waals surface area (Å²) >= 11 is 0. The molecule has 0 fully saturated rings. The zero-order valence-corrected chi connectivity index (χ0v) is 6.97. The molecular weight excluding hydrogens is 172 g/mol. The van der Waals surface area contributed by atoms with Crippen molar-refractivity contribution in [2.45, 2.75) is 0 Å². The summed E-state index contributed by atoms with van der Waals surface area (Å²) in [5.74, 6) is 0.698. The van der Waals surface area contributed by atoms with Gasteiger partial charge in [-0.2, -0.15) is 0 Å². The van der Waals surface area contributed by atoms with Gasteiger partial charge >= 0.3 is 0 Å². The number of carbonyl (C=O) groups is 1. The number of benzene rings is 1. The minimum atomic E-state index is 0.147. The van der Waals surface area contributed by atoms with Gasteiger partial charge in [0.1, 0.15) is 24.7 Å². The average Bonchev–Trinajstić information content (AvgIpc) is 2.13. The number of phenolic OH excluding ortho intramolecular Hbond substituents is 1. The van der Waals surface area contributed by atoms with E-state index in [0.29, 0.717) is 12.2 Å². The second kappa shape index (κ2) is 5.03. The molecule has 1 aromatic carbocycles. The van der Waals surface area contributed by atoms with E-state index >= 15 is 0 Å². The van der Waals surface area contributed by atoms with Gasteiger partial charge < -0.3 is 14.6 Å². The van der Waals surface area contributed by atoms with Crippen molar-refractivity contribution in [3.8, 4) is 11.5 Å². The molecule has 0 aliphatic heterocycles. The lowest BCUT2D eigenvalue weighted by molar-refractivity contribution is -0.129. The fourth-order valence-corrected chi connectivity index (χ4v) is 0.829. The van der Waals surface area contributed by atoms with Crippen LogP contribution < -0.4 is 4.74 Å². The van der Waals surface area contributed by atoms with E-state index < -0.39 is 0 Å². The van der Waals surface area contributed by atoms with Crippen molar-refractivity contribution in [1.29, 1.82) is 0 Å². The van der Waals surface area contributed by atoms with E-state index in [-0.39, 0.29) is 19.0 Å². The molecule has 0 aliphatic carbocycles. The lowest BCUT2D eigenvalue weighted by Gasteiger charge is -2.04. The molecular formula is C9H10O4. The van der Waals surface area contributed by atoms with Gasteiger partial charge in [-0.15, -0.1) is 0 Å². The second-order valence-electron chi connectivity index (χ2n) is 2.31. The summed E-state index contributed by atoms with van der Waals surface area (Å²) < 4.78 is 9.56. The fourth-order valence-electron chi connectivity index (χ4n) is 0.829. The molecule has 4 heteroatoms. The molecule has 0 amide bonds. The van der Waals surface area contributed by atoms with Crippen LogP contribution in [0.4, 0.5) is 0 Å². The Morgan fingerprint density at radius 1 is 1.38 bits per heavy atom. The van der Waals surface area contributed by atoms with Crippen LogP contribution in [0, 0.1) is 0 Å². The highest BCUT2D eigenvalue weighted by atomic mass is 16.5. The van der Waals surface area contributed by atoms with Crippen molar-refractivity contribution in [3.05, 3.63) is 24.3 Å². The molecule has 1 aromatic rings. The van der Waals surface area contributed by atoms with Gasteiger partial charge in [-0.3, -0.25) is 4.79 Å². The van der Waals surface area contributed by atoms with E-state index in [1.807, 2.05) is 0 Å². The zero-order valence-electron chi connectivity index (χ0n) is 6.97. The molecule has 70 valence electrons. The average molecular weight is 182 g/mol. The van der Waals surface area contributed by atoms with E-state index in [1.54, 1.807) is 18.2 Å². The fraction of sp³-hybridized carbons (Fsp3) is 0.222. The van der Waals surface area contributed by atoms with Crippen LogP contribution in [0.3, 0.4) is 0 Å². The molecule has 1 rings (SSSR count). The van der Waals surface area contributed by atoms with E-state index in [9.17, 15) is 4.79 Å². The zero-order chi connectivity index (χ0) is 9.52. The summed E-state index contributed by atoms with van der Waals surface area (Å²) in [7, 11) is 0. The number of phenols is 1. The highest BCUT2D eigenvalue weighted by Gasteiger charge is 1.94. The predicted molar refractivity (Wildman–Crippen MR) is 45.6 cm³/mol. The monoisotopic (exact) mass is 182 g/mol. The molecule has 0 heterocycles. The molecule has 0 spiro atoms. The molecule has 1 N–H and O–H groups in total. The number of aromatic hydroxyl groups is 1. The number of carbonyl (C=O) groups excluding carboxylic acids is 1. The topological polar surface area (TPSA) is 55.8 Å². The largest absolute Gasteiger partial charge is 0.508 e. The van der Waals surface area contributed by atoms with E-state index in [0.717, 1.165) is 0 Å². The SMILES string of the molecule is O=COCCOc1cccc(O)c1. The van der Waals surface area contributed by atoms with Gasteiger partial charge in [-0.25, -0.2) is 0 Å². The van der Waals surface area contributed by atoms with Gasteiger partial charge in [0, 0.05) is 6.07 Å². The van der Waals surface area contributed by atoms with Gasteiger partial charge in [-0.1, -0.05) is 6.07 Å². The lowest BCUT2D eigenvalue weighted by Crippen LogP contribution is -2.05. The quantitative estimate of drug-likeness (QED) is 0.544. The Labute approximate surface area is 75.7 Å². The van der Waals surface area contributed by atoms with Crippen molar-refractivity contribution in [2.24, 2.45) is 0 Å². The van der Waals surface area contributed by atoms with Crippen LogP contribution in [-0.2, 0) is 9.53 Å². The summed E-state index contributed by atoms with van der Waals surface area (Å²) in [6.07, 6.45) is 0. The van der Waals surface area contributed by atoms with Gasteiger partial charge in [0.15, 0.2) is 0 Å². The minimum Gasteiger partial charge on any atom is -0.508 e. The Hall–Kier alpha value is -1.71. The third-order valence-electron chi connectivity index (χ3n) is 1.36. The summed E-state index contributed by atoms with van der Waals surface area (Å²) in [5, 5.41) is 9.05. The number of hydrogen-bond acceptors (Lipinski definition) is 4. The van der Waals surface area contributed by atoms with Crippen molar-refractivity contribution in [3.63, 3.8) is 0 Å². The van der Waals surface area contributed by atoms with Crippen LogP contribution in [0.5, 0.6) is 11.5 Å². The molecule has 4 nitrogen and oxygen atoms in total. The van der Waals surface area contributed by atoms with Gasteiger partial charge in [0.2, 0.25) is 0 Å². The second-order valence-corrected chi connectivity index (χ2v) is 2.31. The van der Waals surface area contributed by atoms with Crippen molar-refractivity contribution < 1.29 is 19.4 Å². The molecule has 0 saturated heterocycles. The van der Waals surface area contributed by atoms with E-state index in [1.165, 1.54) is 6.07 Å². The molecule has 0 aromatic heterocycles. The molecule has 0 bridgehead atoms. The first-order valence-corrected chi connectivity index (χ1v) is 3.80. The summed E-state index contributed by atoms with van der Waals surface area (Å²) in [6, 6.07) is 6.42. The van der Waals surface area contributed by atoms with Crippen molar-refractivity contribution in [2.75, 3.05) is 13.2 Å². The normalized spacial score (nSPS) is 9.23. The molecule has 0 radical (unpaired) electrons. The third-order valence-corrected chi connectivity index (χ3v) is 1.36. The Morgan fingerprint density at radius 3 is 2.92 bits per heavy atom. The van der Waals surface area contributed by atoms with Crippen molar-refractivity contribution in [1.82, 2.24) is 0 Å². The van der Waals surface area contributed by atoms with Crippen LogP contribution in [0.2, 0.25) is 0 Å². The first-order valence-electron chi connectivity index (χ1n) is 3.80. The molecule has 0 unspecified atom stereocenters. The number of ether oxygens (including phenoxy) is 2. The van der Waals surface area contributed by atoms with Crippen LogP contribution in [0.25, 0.3) is 0 Å². The van der Waals surface area contributed by atoms with E-state index in [4.69, 9.17) is 9.84 Å². The first-order chi connectivity index (χ1) is 6.33. The minimum absolute atomic E-state index is 0.147. The highest BCUT2D eigenvalue weighted by Crippen LogP contribution is 2.17. The molecule has 13 heavy (non-hydrogen) atoms. The van der Waals surface area contributed by atoms with Crippen LogP contribution >= 0.6 is 0 Å². The maximum absolute atomic E-state index is 9.75. The summed E-state index contributed by atoms with van der Waals surface area (Å²) in [5.41, 5.74) is 0. The third kappa shape index (κ3) is 3.46. The van der Waals surface area contributed by atoms with Gasteiger partial charge in [0.05, 0.1) is 0 Å². The Bertz CT molecular complexity index is 272. The van der Waals surface area contributed by atoms with Crippen molar-refractivity contribution >= 4 is 6.47 Å². The van der Waals surface area contributed by atoms with Gasteiger partial charge in [-0.05, 0) is 12.1 Å². The van der Waals surface area contributed by atoms with Crippen LogP contribution in [0.15, 0.2) is 24.3 Å². The Balaban J connectivity index is 2.32. The van der Waals surface area contributed by atoms with E-state index in [2.05, 4.69) is 4.74 Å². The summed E-state index contributed by atoms with van der Waals surface area (Å²) in [6.45, 7) is 0.854. The van der Waals surface area contributed by atoms with Crippen LogP contribution in [0.1, 0.15) is 0 Å². The summed E-state index contributed by atoms with van der Waals surface area (Å²) in [4.78, 5) is 9.75. The molecule has 0 atom stereocenters. The standard InChI is InChI=1S/C9H10O4/c10-7-12-4-5-13-9-3-1-2-8(11)6-9/h1-3,6-7,11H,4-5H2. The Kier molecular flexibility index (Phi) is 3.63. The van der Waals surface area contributed by atoms with Gasteiger partial charge in [0.25, 0.3) is 6.47 Å². The highest BCUT2D eigenvalue weighted by molar-refractivity contribution is 5.36.